The molecule has 0 radical (unpaired) electrons. The molecular formula is C19H23BrClN5OS. The van der Waals surface area contributed by atoms with E-state index in [2.05, 4.69) is 55.0 Å². The molecule has 3 rings (SSSR count). The lowest BCUT2D eigenvalue weighted by Crippen LogP contribution is -2.16. The number of nitrogens with zero attached hydrogens (tertiary/aromatic N) is 4. The Morgan fingerprint density at radius 1 is 1.18 bits per heavy atom. The van der Waals surface area contributed by atoms with E-state index in [0.717, 1.165) is 51.8 Å². The van der Waals surface area contributed by atoms with E-state index in [1.807, 2.05) is 37.4 Å². The van der Waals surface area contributed by atoms with Crippen molar-refractivity contribution >= 4 is 40.1 Å². The van der Waals surface area contributed by atoms with Crippen LogP contribution in [0.5, 0.6) is 5.75 Å². The molecule has 6 nitrogen and oxygen atoms in total. The Bertz CT molecular complexity index is 849. The predicted molar refractivity (Wildman–Crippen MR) is 118 cm³/mol. The van der Waals surface area contributed by atoms with Crippen molar-refractivity contribution in [2.24, 2.45) is 7.05 Å². The van der Waals surface area contributed by atoms with Crippen molar-refractivity contribution in [2.45, 2.75) is 24.7 Å². The second kappa shape index (κ2) is 12.1. The first-order valence-corrected chi connectivity index (χ1v) is 10.5. The van der Waals surface area contributed by atoms with Crippen molar-refractivity contribution in [3.63, 3.8) is 0 Å². The van der Waals surface area contributed by atoms with Gasteiger partial charge in [0.2, 0.25) is 5.16 Å². The average molecular weight is 485 g/mol. The highest BCUT2D eigenvalue weighted by atomic mass is 79.9. The van der Waals surface area contributed by atoms with Crippen molar-refractivity contribution < 1.29 is 4.74 Å². The fraction of sp³-hybridized carbons (Fsp3) is 0.316. The van der Waals surface area contributed by atoms with E-state index in [-0.39, 0.29) is 12.4 Å². The van der Waals surface area contributed by atoms with Crippen molar-refractivity contribution in [1.29, 1.82) is 0 Å². The third kappa shape index (κ3) is 7.09. The van der Waals surface area contributed by atoms with Crippen LogP contribution in [0.15, 0.2) is 58.2 Å². The van der Waals surface area contributed by atoms with Gasteiger partial charge in [-0.3, -0.25) is 0 Å². The Balaban J connectivity index is 0.00000280. The van der Waals surface area contributed by atoms with Crippen LogP contribution in [0.1, 0.15) is 17.5 Å². The standard InChI is InChI=1S/C19H22BrN5OS.ClH/c1-25-19(22-23-24-25)27-11-5-10-21-13-16-12-17(20)8-9-18(16)26-14-15-6-3-2-4-7-15;/h2-4,6-9,12,21H,5,10-11,13-14H2,1H3;1H. The smallest absolute Gasteiger partial charge is 0.209 e. The average Bonchev–Trinajstić information content (AvgIpc) is 3.09. The molecule has 0 saturated heterocycles. The maximum atomic E-state index is 6.03. The van der Waals surface area contributed by atoms with Crippen LogP contribution in [-0.4, -0.2) is 32.5 Å². The van der Waals surface area contributed by atoms with Crippen LogP contribution < -0.4 is 10.1 Å². The lowest BCUT2D eigenvalue weighted by Gasteiger charge is -2.13. The van der Waals surface area contributed by atoms with Crippen LogP contribution in [0, 0.1) is 0 Å². The maximum Gasteiger partial charge on any atom is 0.209 e. The first kappa shape index (κ1) is 22.7. The number of aromatic nitrogens is 4. The van der Waals surface area contributed by atoms with Crippen LogP contribution in [0.3, 0.4) is 0 Å². The summed E-state index contributed by atoms with van der Waals surface area (Å²) in [6.07, 6.45) is 1.03. The molecule has 3 aromatic rings. The highest BCUT2D eigenvalue weighted by molar-refractivity contribution is 9.10. The number of thioether (sulfide) groups is 1. The number of rotatable bonds is 10. The molecule has 0 bridgehead atoms. The number of nitrogens with one attached hydrogen (secondary N) is 1. The highest BCUT2D eigenvalue weighted by Crippen LogP contribution is 2.24. The molecule has 1 N–H and O–H groups in total. The predicted octanol–water partition coefficient (Wildman–Crippen LogP) is 4.25. The Hall–Kier alpha value is -1.61. The third-order valence-corrected chi connectivity index (χ3v) is 5.48. The maximum absolute atomic E-state index is 6.03. The number of ether oxygens (including phenoxy) is 1. The van der Waals surface area contributed by atoms with Gasteiger partial charge in [0.25, 0.3) is 0 Å². The van der Waals surface area contributed by atoms with Crippen LogP contribution in [0.2, 0.25) is 0 Å². The zero-order valence-corrected chi connectivity index (χ0v) is 18.8. The first-order chi connectivity index (χ1) is 13.2. The molecule has 0 saturated carbocycles. The SMILES string of the molecule is Cl.Cn1nnnc1SCCCNCc1cc(Br)ccc1OCc1ccccc1. The normalized spacial score (nSPS) is 10.5. The summed E-state index contributed by atoms with van der Waals surface area (Å²) in [5, 5.41) is 15.8. The monoisotopic (exact) mass is 483 g/mol. The topological polar surface area (TPSA) is 64.9 Å². The summed E-state index contributed by atoms with van der Waals surface area (Å²) < 4.78 is 8.77. The second-order valence-corrected chi connectivity index (χ2v) is 7.97. The molecule has 9 heteroatoms. The fourth-order valence-electron chi connectivity index (χ4n) is 2.49. The van der Waals surface area contributed by atoms with E-state index in [1.165, 1.54) is 0 Å². The fourth-order valence-corrected chi connectivity index (χ4v) is 3.69. The summed E-state index contributed by atoms with van der Waals surface area (Å²) in [7, 11) is 1.85. The van der Waals surface area contributed by atoms with Gasteiger partial charge in [-0.2, -0.15) is 0 Å². The van der Waals surface area contributed by atoms with Gasteiger partial charge in [-0.25, -0.2) is 4.68 Å². The molecule has 0 aliphatic rings. The zero-order valence-electron chi connectivity index (χ0n) is 15.5. The number of aryl methyl sites for hydroxylation is 1. The van der Waals surface area contributed by atoms with Crippen molar-refractivity contribution in [3.05, 3.63) is 64.1 Å². The van der Waals surface area contributed by atoms with Crippen LogP contribution in [0.4, 0.5) is 0 Å². The molecule has 0 unspecified atom stereocenters. The minimum Gasteiger partial charge on any atom is -0.489 e. The number of benzene rings is 2. The van der Waals surface area contributed by atoms with E-state index in [1.54, 1.807) is 16.4 Å². The molecule has 0 amide bonds. The van der Waals surface area contributed by atoms with E-state index in [9.17, 15) is 0 Å². The Kier molecular flexibility index (Phi) is 9.77. The van der Waals surface area contributed by atoms with Gasteiger partial charge in [0.15, 0.2) is 0 Å². The minimum atomic E-state index is 0. The van der Waals surface area contributed by atoms with Gasteiger partial charge in [0, 0.05) is 29.4 Å². The third-order valence-electron chi connectivity index (χ3n) is 3.89. The van der Waals surface area contributed by atoms with Crippen LogP contribution in [-0.2, 0) is 20.2 Å². The van der Waals surface area contributed by atoms with Gasteiger partial charge in [-0.15, -0.1) is 17.5 Å². The Labute approximate surface area is 184 Å². The zero-order chi connectivity index (χ0) is 18.9. The first-order valence-electron chi connectivity index (χ1n) is 8.73. The van der Waals surface area contributed by atoms with Crippen molar-refractivity contribution in [2.75, 3.05) is 12.3 Å². The number of hydrogen-bond acceptors (Lipinski definition) is 6. The molecule has 2 aromatic carbocycles. The summed E-state index contributed by atoms with van der Waals surface area (Å²) in [6, 6.07) is 16.3. The van der Waals surface area contributed by atoms with Crippen molar-refractivity contribution in [3.8, 4) is 5.75 Å². The number of hydrogen-bond donors (Lipinski definition) is 1. The lowest BCUT2D eigenvalue weighted by molar-refractivity contribution is 0.302. The second-order valence-electron chi connectivity index (χ2n) is 5.99. The van der Waals surface area contributed by atoms with E-state index in [0.29, 0.717) is 6.61 Å². The Morgan fingerprint density at radius 3 is 2.75 bits per heavy atom. The van der Waals surface area contributed by atoms with E-state index in [4.69, 9.17) is 4.74 Å². The van der Waals surface area contributed by atoms with Crippen LogP contribution >= 0.6 is 40.1 Å². The minimum absolute atomic E-state index is 0. The summed E-state index contributed by atoms with van der Waals surface area (Å²) in [6.45, 7) is 2.25. The van der Waals surface area contributed by atoms with Crippen molar-refractivity contribution in [1.82, 2.24) is 25.5 Å². The van der Waals surface area contributed by atoms with Gasteiger partial charge in [-0.1, -0.05) is 58.0 Å². The summed E-state index contributed by atoms with van der Waals surface area (Å²) >= 11 is 5.21. The molecule has 0 fully saturated rings. The van der Waals surface area contributed by atoms with Gasteiger partial charge in [-0.05, 0) is 47.2 Å². The molecule has 1 aromatic heterocycles. The van der Waals surface area contributed by atoms with Gasteiger partial charge in [0.05, 0.1) is 0 Å². The molecule has 0 aliphatic carbocycles. The van der Waals surface area contributed by atoms with E-state index >= 15 is 0 Å². The molecule has 1 heterocycles. The molecule has 0 spiro atoms. The quantitative estimate of drug-likeness (QED) is 0.343. The number of tetrazole rings is 1. The molecular weight excluding hydrogens is 462 g/mol. The van der Waals surface area contributed by atoms with Crippen LogP contribution in [0.25, 0.3) is 0 Å². The number of halogens is 2. The van der Waals surface area contributed by atoms with Gasteiger partial charge < -0.3 is 10.1 Å². The molecule has 28 heavy (non-hydrogen) atoms. The summed E-state index contributed by atoms with van der Waals surface area (Å²) in [4.78, 5) is 0. The summed E-state index contributed by atoms with van der Waals surface area (Å²) in [5.41, 5.74) is 2.31. The van der Waals surface area contributed by atoms with E-state index < -0.39 is 0 Å². The highest BCUT2D eigenvalue weighted by Gasteiger charge is 2.06. The molecule has 0 aliphatic heterocycles. The lowest BCUT2D eigenvalue weighted by atomic mass is 10.2. The van der Waals surface area contributed by atoms with Gasteiger partial charge >= 0.3 is 0 Å². The van der Waals surface area contributed by atoms with Gasteiger partial charge in [0.1, 0.15) is 12.4 Å². The largest absolute Gasteiger partial charge is 0.489 e. The Morgan fingerprint density at radius 2 is 2.00 bits per heavy atom. The molecule has 0 atom stereocenters. The molecule has 150 valence electrons. The summed E-state index contributed by atoms with van der Waals surface area (Å²) in [5.74, 6) is 1.88.